The van der Waals surface area contributed by atoms with Crippen molar-refractivity contribution in [3.8, 4) is 5.75 Å². The number of hydrogen-bond donors (Lipinski definition) is 1. The molecule has 6 nitrogen and oxygen atoms in total. The summed E-state index contributed by atoms with van der Waals surface area (Å²) in [5, 5.41) is 9.11. The van der Waals surface area contributed by atoms with Crippen LogP contribution in [0.15, 0.2) is 6.20 Å². The molecule has 6 heteroatoms. The number of pyridine rings is 1. The van der Waals surface area contributed by atoms with Crippen LogP contribution >= 0.6 is 0 Å². The van der Waals surface area contributed by atoms with Gasteiger partial charge < -0.3 is 14.6 Å². The molecule has 0 fully saturated rings. The van der Waals surface area contributed by atoms with E-state index in [2.05, 4.69) is 4.98 Å². The molecule has 0 bridgehead atoms. The van der Waals surface area contributed by atoms with Crippen molar-refractivity contribution < 1.29 is 24.2 Å². The maximum absolute atomic E-state index is 11.1. The van der Waals surface area contributed by atoms with Crippen molar-refractivity contribution in [3.63, 3.8) is 0 Å². The number of hydrogen-bond acceptors (Lipinski definition) is 5. The molecule has 1 N–H and O–H groups in total. The van der Waals surface area contributed by atoms with Crippen LogP contribution in [0.5, 0.6) is 5.75 Å². The fourth-order valence-electron chi connectivity index (χ4n) is 1.39. The van der Waals surface area contributed by atoms with Gasteiger partial charge in [0.25, 0.3) is 0 Å². The zero-order valence-electron chi connectivity index (χ0n) is 9.81. The van der Waals surface area contributed by atoms with Crippen LogP contribution in [0, 0.1) is 6.92 Å². The lowest BCUT2D eigenvalue weighted by Crippen LogP contribution is -2.11. The average Bonchev–Trinajstić information content (AvgIpc) is 2.26. The molecule has 0 unspecified atom stereocenters. The van der Waals surface area contributed by atoms with Gasteiger partial charge in [0.1, 0.15) is 17.9 Å². The number of aromatic nitrogens is 1. The van der Waals surface area contributed by atoms with Crippen LogP contribution in [-0.2, 0) is 16.1 Å². The summed E-state index contributed by atoms with van der Waals surface area (Å²) in [6.45, 7) is 2.74. The van der Waals surface area contributed by atoms with Crippen LogP contribution in [0.25, 0.3) is 0 Å². The number of methoxy groups -OCH3 is 1. The second-order valence-corrected chi connectivity index (χ2v) is 3.38. The number of carboxylic acids is 1. The highest BCUT2D eigenvalue weighted by molar-refractivity contribution is 5.92. The molecule has 0 aliphatic heterocycles. The maximum Gasteiger partial charge on any atom is 0.341 e. The van der Waals surface area contributed by atoms with Crippen LogP contribution < -0.4 is 4.74 Å². The first-order valence-electron chi connectivity index (χ1n) is 4.86. The lowest BCUT2D eigenvalue weighted by atomic mass is 10.1. The Kier molecular flexibility index (Phi) is 4.03. The van der Waals surface area contributed by atoms with Crippen molar-refractivity contribution in [1.82, 2.24) is 4.98 Å². The Bertz CT molecular complexity index is 455. The number of carbonyl (C=O) groups excluding carboxylic acids is 1. The van der Waals surface area contributed by atoms with Crippen LogP contribution in [-0.4, -0.2) is 29.1 Å². The summed E-state index contributed by atoms with van der Waals surface area (Å²) in [5.74, 6) is -1.43. The minimum atomic E-state index is -1.17. The molecule has 0 amide bonds. The third kappa shape index (κ3) is 2.93. The van der Waals surface area contributed by atoms with Crippen LogP contribution in [0.4, 0.5) is 0 Å². The van der Waals surface area contributed by atoms with Crippen molar-refractivity contribution in [2.75, 3.05) is 7.11 Å². The van der Waals surface area contributed by atoms with Gasteiger partial charge in [-0.3, -0.25) is 9.78 Å². The molecule has 0 aliphatic rings. The fraction of sp³-hybridized carbons (Fsp3) is 0.364. The first-order chi connectivity index (χ1) is 7.97. The van der Waals surface area contributed by atoms with Gasteiger partial charge in [0.15, 0.2) is 0 Å². The van der Waals surface area contributed by atoms with Crippen LogP contribution in [0.1, 0.15) is 28.5 Å². The molecule has 1 aromatic heterocycles. The van der Waals surface area contributed by atoms with Crippen molar-refractivity contribution in [2.45, 2.75) is 20.5 Å². The Morgan fingerprint density at radius 1 is 1.47 bits per heavy atom. The van der Waals surface area contributed by atoms with Gasteiger partial charge >= 0.3 is 11.9 Å². The van der Waals surface area contributed by atoms with E-state index in [4.69, 9.17) is 14.6 Å². The molecule has 92 valence electrons. The van der Waals surface area contributed by atoms with Gasteiger partial charge in [-0.15, -0.1) is 0 Å². The van der Waals surface area contributed by atoms with Gasteiger partial charge in [0.2, 0.25) is 0 Å². The van der Waals surface area contributed by atoms with E-state index in [1.165, 1.54) is 20.2 Å². The number of rotatable bonds is 4. The zero-order valence-corrected chi connectivity index (χ0v) is 9.81. The lowest BCUT2D eigenvalue weighted by Gasteiger charge is -2.12. The normalized spacial score (nSPS) is 9.82. The zero-order chi connectivity index (χ0) is 13.0. The Hall–Kier alpha value is -2.11. The molecular formula is C11H13NO5. The molecule has 1 heterocycles. The summed E-state index contributed by atoms with van der Waals surface area (Å²) in [7, 11) is 1.38. The Balaban J connectivity index is 3.20. The molecule has 0 aliphatic carbocycles. The van der Waals surface area contributed by atoms with E-state index in [9.17, 15) is 9.59 Å². The second kappa shape index (κ2) is 5.29. The quantitative estimate of drug-likeness (QED) is 0.793. The van der Waals surface area contributed by atoms with E-state index in [0.29, 0.717) is 5.56 Å². The van der Waals surface area contributed by atoms with Crippen LogP contribution in [0.2, 0.25) is 0 Å². The van der Waals surface area contributed by atoms with E-state index < -0.39 is 11.9 Å². The smallest absolute Gasteiger partial charge is 0.341 e. The van der Waals surface area contributed by atoms with Crippen molar-refractivity contribution in [2.24, 2.45) is 0 Å². The van der Waals surface area contributed by atoms with E-state index >= 15 is 0 Å². The predicted molar refractivity (Wildman–Crippen MR) is 58.0 cm³/mol. The molecular weight excluding hydrogens is 226 g/mol. The second-order valence-electron chi connectivity index (χ2n) is 3.38. The highest BCUT2D eigenvalue weighted by atomic mass is 16.5. The largest absolute Gasteiger partial charge is 0.495 e. The Morgan fingerprint density at radius 2 is 2.12 bits per heavy atom. The number of nitrogens with zero attached hydrogens (tertiary/aromatic N) is 1. The fourth-order valence-corrected chi connectivity index (χ4v) is 1.39. The maximum atomic E-state index is 11.1. The predicted octanol–water partition coefficient (Wildman–Crippen LogP) is 1.16. The van der Waals surface area contributed by atoms with Crippen molar-refractivity contribution >= 4 is 11.9 Å². The van der Waals surface area contributed by atoms with Gasteiger partial charge in [-0.25, -0.2) is 4.79 Å². The number of carbonyl (C=O) groups is 2. The number of aryl methyl sites for hydroxylation is 1. The van der Waals surface area contributed by atoms with Crippen molar-refractivity contribution in [3.05, 3.63) is 23.0 Å². The molecule has 0 aromatic carbocycles. The molecule has 0 atom stereocenters. The molecule has 0 saturated carbocycles. The minimum Gasteiger partial charge on any atom is -0.495 e. The molecule has 1 rings (SSSR count). The third-order valence-corrected chi connectivity index (χ3v) is 2.12. The summed E-state index contributed by atoms with van der Waals surface area (Å²) in [4.78, 5) is 25.8. The first-order valence-corrected chi connectivity index (χ1v) is 4.86. The number of aromatic carboxylic acids is 1. The third-order valence-electron chi connectivity index (χ3n) is 2.12. The van der Waals surface area contributed by atoms with Gasteiger partial charge in [-0.1, -0.05) is 0 Å². The molecule has 0 saturated heterocycles. The Morgan fingerprint density at radius 3 is 2.59 bits per heavy atom. The number of esters is 1. The van der Waals surface area contributed by atoms with Crippen LogP contribution in [0.3, 0.4) is 0 Å². The minimum absolute atomic E-state index is 0.0752. The standard InChI is InChI=1S/C11H13NO5/c1-6-4-12-8(5-17-7(2)13)9(11(14)15)10(6)16-3/h4H,5H2,1-3H3,(H,14,15). The SMILES string of the molecule is COc1c(C)cnc(COC(C)=O)c1C(=O)O. The highest BCUT2D eigenvalue weighted by Crippen LogP contribution is 2.25. The Labute approximate surface area is 98.2 Å². The van der Waals surface area contributed by atoms with Gasteiger partial charge in [0, 0.05) is 18.7 Å². The van der Waals surface area contributed by atoms with Gasteiger partial charge in [0.05, 0.1) is 12.8 Å². The summed E-state index contributed by atoms with van der Waals surface area (Å²) in [6, 6.07) is 0. The summed E-state index contributed by atoms with van der Waals surface area (Å²) in [5.41, 5.74) is 0.695. The van der Waals surface area contributed by atoms with Crippen molar-refractivity contribution in [1.29, 1.82) is 0 Å². The lowest BCUT2D eigenvalue weighted by molar-refractivity contribution is -0.142. The first kappa shape index (κ1) is 13.0. The van der Waals surface area contributed by atoms with Gasteiger partial charge in [-0.2, -0.15) is 0 Å². The van der Waals surface area contributed by atoms with E-state index in [-0.39, 0.29) is 23.6 Å². The van der Waals surface area contributed by atoms with E-state index in [1.54, 1.807) is 6.92 Å². The monoisotopic (exact) mass is 239 g/mol. The molecule has 0 spiro atoms. The molecule has 0 radical (unpaired) electrons. The van der Waals surface area contributed by atoms with E-state index in [0.717, 1.165) is 0 Å². The summed E-state index contributed by atoms with van der Waals surface area (Å²) < 4.78 is 9.76. The summed E-state index contributed by atoms with van der Waals surface area (Å²) >= 11 is 0. The topological polar surface area (TPSA) is 85.7 Å². The molecule has 1 aromatic rings. The molecule has 17 heavy (non-hydrogen) atoms. The number of carboxylic acid groups (broad SMARTS) is 1. The van der Waals surface area contributed by atoms with Gasteiger partial charge in [-0.05, 0) is 6.92 Å². The number of ether oxygens (including phenoxy) is 2. The summed E-state index contributed by atoms with van der Waals surface area (Å²) in [6.07, 6.45) is 1.48. The van der Waals surface area contributed by atoms with E-state index in [1.807, 2.05) is 0 Å². The highest BCUT2D eigenvalue weighted by Gasteiger charge is 2.20. The average molecular weight is 239 g/mol.